The van der Waals surface area contributed by atoms with Crippen molar-refractivity contribution >= 4 is 0 Å². The first kappa shape index (κ1) is 36.9. The Morgan fingerprint density at radius 3 is 1.50 bits per heavy atom. The van der Waals surface area contributed by atoms with Crippen LogP contribution in [0.4, 0.5) is 0 Å². The largest absolute Gasteiger partial charge is 0.493 e. The number of fused-ring (bicyclic) bond motifs is 1. The van der Waals surface area contributed by atoms with E-state index in [2.05, 4.69) is 13.8 Å². The fourth-order valence-corrected chi connectivity index (χ4v) is 6.84. The van der Waals surface area contributed by atoms with Crippen molar-refractivity contribution in [2.75, 3.05) is 35.2 Å². The smallest absolute Gasteiger partial charge is 0.231 e. The molecule has 1 fully saturated rings. The van der Waals surface area contributed by atoms with Crippen LogP contribution in [0.15, 0.2) is 72.8 Å². The number of aliphatic hydroxyl groups excluding tert-OH is 2. The lowest BCUT2D eigenvalue weighted by atomic mass is 9.85. The van der Waals surface area contributed by atoms with Crippen molar-refractivity contribution in [3.8, 4) is 46.0 Å². The number of ether oxygens (including phenoxy) is 9. The second kappa shape index (κ2) is 15.8. The van der Waals surface area contributed by atoms with Crippen LogP contribution in [0.3, 0.4) is 0 Å². The molecular formula is C41H48O11. The fraction of sp³-hybridized carbons (Fsp3) is 0.415. The highest BCUT2D eigenvalue weighted by molar-refractivity contribution is 5.48. The van der Waals surface area contributed by atoms with E-state index < -0.39 is 24.4 Å². The second-order valence-corrected chi connectivity index (χ2v) is 13.3. The van der Waals surface area contributed by atoms with Crippen molar-refractivity contribution in [2.45, 2.75) is 64.3 Å². The molecule has 0 radical (unpaired) electrons. The average Bonchev–Trinajstić information content (AvgIpc) is 3.77. The third kappa shape index (κ3) is 7.39. The van der Waals surface area contributed by atoms with Crippen molar-refractivity contribution in [2.24, 2.45) is 11.8 Å². The topological polar surface area (TPSA) is 124 Å². The summed E-state index contributed by atoms with van der Waals surface area (Å²) in [5.74, 6) is 4.80. The first-order valence-corrected chi connectivity index (χ1v) is 17.4. The number of aliphatic hydroxyl groups is 2. The van der Waals surface area contributed by atoms with Gasteiger partial charge < -0.3 is 52.8 Å². The van der Waals surface area contributed by atoms with E-state index in [9.17, 15) is 10.2 Å². The molecule has 278 valence electrons. The summed E-state index contributed by atoms with van der Waals surface area (Å²) >= 11 is 0. The van der Waals surface area contributed by atoms with E-state index in [1.807, 2.05) is 43.3 Å². The molecule has 0 bridgehead atoms. The van der Waals surface area contributed by atoms with Crippen LogP contribution in [0.2, 0.25) is 0 Å². The third-order valence-electron chi connectivity index (χ3n) is 10.1. The summed E-state index contributed by atoms with van der Waals surface area (Å²) in [7, 11) is 6.31. The van der Waals surface area contributed by atoms with Crippen LogP contribution < -0.4 is 37.9 Å². The molecule has 6 rings (SSSR count). The molecule has 11 nitrogen and oxygen atoms in total. The molecule has 2 heterocycles. The van der Waals surface area contributed by atoms with Crippen LogP contribution >= 0.6 is 0 Å². The van der Waals surface area contributed by atoms with Gasteiger partial charge in [0, 0.05) is 0 Å². The molecule has 2 aliphatic heterocycles. The fourth-order valence-electron chi connectivity index (χ4n) is 6.84. The lowest BCUT2D eigenvalue weighted by Gasteiger charge is -2.24. The minimum absolute atomic E-state index is 0.164. The lowest BCUT2D eigenvalue weighted by molar-refractivity contribution is 0.0281. The summed E-state index contributed by atoms with van der Waals surface area (Å²) in [5, 5.41) is 22.2. The highest BCUT2D eigenvalue weighted by Gasteiger charge is 2.41. The van der Waals surface area contributed by atoms with Crippen molar-refractivity contribution in [3.63, 3.8) is 0 Å². The molecule has 2 N–H and O–H groups in total. The second-order valence-electron chi connectivity index (χ2n) is 13.3. The zero-order valence-electron chi connectivity index (χ0n) is 30.8. The van der Waals surface area contributed by atoms with Crippen molar-refractivity contribution < 1.29 is 52.8 Å². The van der Waals surface area contributed by atoms with Crippen molar-refractivity contribution in [3.05, 3.63) is 95.1 Å². The van der Waals surface area contributed by atoms with Gasteiger partial charge in [0.1, 0.15) is 24.4 Å². The number of hydrogen-bond donors (Lipinski definition) is 2. The van der Waals surface area contributed by atoms with Gasteiger partial charge >= 0.3 is 0 Å². The van der Waals surface area contributed by atoms with Gasteiger partial charge in [-0.15, -0.1) is 0 Å². The maximum Gasteiger partial charge on any atom is 0.231 e. The van der Waals surface area contributed by atoms with E-state index in [-0.39, 0.29) is 30.8 Å². The summed E-state index contributed by atoms with van der Waals surface area (Å²) in [6.07, 6.45) is -3.43. The van der Waals surface area contributed by atoms with E-state index >= 15 is 0 Å². The Hall–Kier alpha value is -4.84. The molecule has 0 aromatic heterocycles. The molecule has 2 aliphatic rings. The Kier molecular flexibility index (Phi) is 11.2. The molecule has 52 heavy (non-hydrogen) atoms. The van der Waals surface area contributed by atoms with Gasteiger partial charge in [-0.2, -0.15) is 0 Å². The summed E-state index contributed by atoms with van der Waals surface area (Å²) in [4.78, 5) is 0. The zero-order chi connectivity index (χ0) is 37.1. The quantitative estimate of drug-likeness (QED) is 0.135. The molecule has 1 saturated heterocycles. The first-order chi connectivity index (χ1) is 25.1. The van der Waals surface area contributed by atoms with Gasteiger partial charge in [0.15, 0.2) is 46.0 Å². The number of rotatable bonds is 14. The van der Waals surface area contributed by atoms with Gasteiger partial charge in [-0.05, 0) is 96.5 Å². The van der Waals surface area contributed by atoms with Crippen LogP contribution in [-0.4, -0.2) is 57.7 Å². The van der Waals surface area contributed by atoms with E-state index in [0.717, 1.165) is 11.1 Å². The summed E-state index contributed by atoms with van der Waals surface area (Å²) in [6.45, 7) is 8.14. The zero-order valence-corrected chi connectivity index (χ0v) is 30.8. The van der Waals surface area contributed by atoms with Gasteiger partial charge in [0.2, 0.25) is 6.79 Å². The van der Waals surface area contributed by atoms with Crippen LogP contribution in [0.25, 0.3) is 0 Å². The molecule has 5 unspecified atom stereocenters. The molecule has 4 aromatic carbocycles. The number of hydrogen-bond acceptors (Lipinski definition) is 11. The highest BCUT2D eigenvalue weighted by Crippen LogP contribution is 2.51. The monoisotopic (exact) mass is 716 g/mol. The molecular weight excluding hydrogens is 668 g/mol. The van der Waals surface area contributed by atoms with Gasteiger partial charge in [-0.3, -0.25) is 0 Å². The van der Waals surface area contributed by atoms with Crippen LogP contribution in [-0.2, 0) is 4.74 Å². The van der Waals surface area contributed by atoms with Gasteiger partial charge in [-0.1, -0.05) is 38.1 Å². The molecule has 8 atom stereocenters. The predicted octanol–water partition coefficient (Wildman–Crippen LogP) is 7.54. The summed E-state index contributed by atoms with van der Waals surface area (Å²) in [6, 6.07) is 22.2. The van der Waals surface area contributed by atoms with Gasteiger partial charge in [-0.25, -0.2) is 0 Å². The molecule has 0 amide bonds. The van der Waals surface area contributed by atoms with E-state index in [4.69, 9.17) is 42.6 Å². The SMILES string of the molecule is COc1ccc([C@@H](O)C(C)Oc2ccc(C3O[C@H](c4ccc(OC(C)C(O)c5ccc6c(c5)OCO6)c(OC)c4)[C@H](C)C3C)cc2OC)cc1OC. The molecule has 0 saturated carbocycles. The highest BCUT2D eigenvalue weighted by atomic mass is 16.7. The van der Waals surface area contributed by atoms with E-state index in [1.54, 1.807) is 71.8 Å². The molecule has 0 aliphatic carbocycles. The Morgan fingerprint density at radius 1 is 0.538 bits per heavy atom. The lowest BCUT2D eigenvalue weighted by Crippen LogP contribution is -2.22. The summed E-state index contributed by atoms with van der Waals surface area (Å²) in [5.41, 5.74) is 3.22. The Morgan fingerprint density at radius 2 is 0.981 bits per heavy atom. The standard InChI is InChI=1S/C41H48O11/c1-22-23(2)41(29-12-16-33(36(20-29)47-8)51-25(4)39(43)27-10-14-31-37(18-27)49-21-48-31)52-40(22)28-11-15-32(35(19-28)46-7)50-24(3)38(42)26-9-13-30(44-5)34(17-26)45-6/h9-20,22-25,38-43H,21H2,1-8H3/t22?,23-,24?,25?,38+,39?,40?,41+/m1/s1. The maximum atomic E-state index is 11.1. The molecule has 11 heteroatoms. The van der Waals surface area contributed by atoms with Crippen molar-refractivity contribution in [1.82, 2.24) is 0 Å². The van der Waals surface area contributed by atoms with Crippen LogP contribution in [0, 0.1) is 11.8 Å². The predicted molar refractivity (Wildman–Crippen MR) is 193 cm³/mol. The van der Waals surface area contributed by atoms with Gasteiger partial charge in [0.25, 0.3) is 0 Å². The average molecular weight is 717 g/mol. The van der Waals surface area contributed by atoms with E-state index in [0.29, 0.717) is 57.1 Å². The van der Waals surface area contributed by atoms with E-state index in [1.165, 1.54) is 0 Å². The number of methoxy groups -OCH3 is 4. The number of benzene rings is 4. The van der Waals surface area contributed by atoms with Crippen LogP contribution in [0.1, 0.15) is 74.4 Å². The third-order valence-corrected chi connectivity index (χ3v) is 10.1. The normalized spacial score (nSPS) is 21.5. The maximum absolute atomic E-state index is 11.1. The molecule has 0 spiro atoms. The molecule has 4 aromatic rings. The Bertz CT molecular complexity index is 1840. The first-order valence-electron chi connectivity index (χ1n) is 17.4. The summed E-state index contributed by atoms with van der Waals surface area (Å²) < 4.78 is 52.3. The minimum atomic E-state index is -0.930. The van der Waals surface area contributed by atoms with Gasteiger partial charge in [0.05, 0.1) is 40.6 Å². The Balaban J connectivity index is 1.14. The van der Waals surface area contributed by atoms with Crippen LogP contribution in [0.5, 0.6) is 46.0 Å². The minimum Gasteiger partial charge on any atom is -0.493 e. The Labute approximate surface area is 304 Å². The van der Waals surface area contributed by atoms with Crippen molar-refractivity contribution in [1.29, 1.82) is 0 Å².